The van der Waals surface area contributed by atoms with E-state index in [1.54, 1.807) is 30.3 Å². The van der Waals surface area contributed by atoms with Crippen molar-refractivity contribution in [2.24, 2.45) is 27.9 Å². The first-order valence-corrected chi connectivity index (χ1v) is 14.3. The van der Waals surface area contributed by atoms with Crippen LogP contribution in [-0.2, 0) is 32.0 Å². The first-order valence-electron chi connectivity index (χ1n) is 14.3. The number of nitrogens with one attached hydrogen (secondary N) is 3. The summed E-state index contributed by atoms with van der Waals surface area (Å²) in [6.07, 6.45) is 2.25. The van der Waals surface area contributed by atoms with Crippen molar-refractivity contribution in [1.82, 2.24) is 16.0 Å². The van der Waals surface area contributed by atoms with E-state index in [0.717, 1.165) is 12.0 Å². The number of rotatable bonds is 18. The predicted molar refractivity (Wildman–Crippen MR) is 163 cm³/mol. The van der Waals surface area contributed by atoms with Gasteiger partial charge in [-0.15, -0.1) is 0 Å². The lowest BCUT2D eigenvalue weighted by Crippen LogP contribution is -2.58. The van der Waals surface area contributed by atoms with Crippen molar-refractivity contribution in [3.8, 4) is 0 Å². The molecule has 234 valence electrons. The van der Waals surface area contributed by atoms with E-state index in [1.165, 1.54) is 18.2 Å². The van der Waals surface area contributed by atoms with Crippen LogP contribution in [0.15, 0.2) is 59.6 Å². The number of aliphatic imine (C=N–C) groups is 1. The van der Waals surface area contributed by atoms with Gasteiger partial charge in [0.15, 0.2) is 5.96 Å². The molecule has 0 unspecified atom stereocenters. The lowest BCUT2D eigenvalue weighted by molar-refractivity contribution is -0.133. The molecule has 0 heterocycles. The van der Waals surface area contributed by atoms with Crippen LogP contribution >= 0.6 is 0 Å². The molecule has 12 nitrogen and oxygen atoms in total. The summed E-state index contributed by atoms with van der Waals surface area (Å²) < 4.78 is 14.1. The lowest BCUT2D eigenvalue weighted by Gasteiger charge is -2.25. The molecule has 43 heavy (non-hydrogen) atoms. The monoisotopic (exact) mass is 598 g/mol. The number of benzene rings is 2. The number of halogens is 1. The zero-order valence-electron chi connectivity index (χ0n) is 24.4. The van der Waals surface area contributed by atoms with Gasteiger partial charge in [-0.2, -0.15) is 0 Å². The standard InChI is InChI=1S/C30H43FN8O4/c1-2-3-14-24(28(42)37-23(26(33)40)15-9-16-36-30(34)35)38-29(43)25(17-19-10-5-4-6-11-19)39-27(41)22(32)18-20-12-7-8-13-21(20)31/h4-8,10-13,22-25H,2-3,9,14-18,32H2,1H3,(H2,33,40)(H,37,42)(H,38,43)(H,39,41)(H4,34,35,36)/t22-,23-,24-,25-/m1/s1. The van der Waals surface area contributed by atoms with Gasteiger partial charge < -0.3 is 38.9 Å². The van der Waals surface area contributed by atoms with E-state index in [1.807, 2.05) is 13.0 Å². The van der Waals surface area contributed by atoms with E-state index >= 15 is 0 Å². The summed E-state index contributed by atoms with van der Waals surface area (Å²) in [6.45, 7) is 2.18. The van der Waals surface area contributed by atoms with Gasteiger partial charge in [-0.25, -0.2) is 4.39 Å². The van der Waals surface area contributed by atoms with E-state index in [0.29, 0.717) is 12.8 Å². The van der Waals surface area contributed by atoms with Crippen LogP contribution in [0.4, 0.5) is 4.39 Å². The molecule has 13 heteroatoms. The zero-order chi connectivity index (χ0) is 31.8. The van der Waals surface area contributed by atoms with Gasteiger partial charge in [0.25, 0.3) is 0 Å². The van der Waals surface area contributed by atoms with Crippen molar-refractivity contribution >= 4 is 29.6 Å². The third-order valence-corrected chi connectivity index (χ3v) is 6.73. The molecule has 2 aromatic carbocycles. The van der Waals surface area contributed by atoms with Gasteiger partial charge in [0.1, 0.15) is 23.9 Å². The topological polar surface area (TPSA) is 221 Å². The summed E-state index contributed by atoms with van der Waals surface area (Å²) in [5, 5.41) is 8.02. The van der Waals surface area contributed by atoms with Gasteiger partial charge in [0.05, 0.1) is 6.04 Å². The third-order valence-electron chi connectivity index (χ3n) is 6.73. The molecular weight excluding hydrogens is 555 g/mol. The van der Waals surface area contributed by atoms with Gasteiger partial charge in [-0.1, -0.05) is 68.3 Å². The molecule has 0 saturated carbocycles. The summed E-state index contributed by atoms with van der Waals surface area (Å²) in [5.74, 6) is -3.17. The molecule has 0 bridgehead atoms. The number of carbonyl (C=O) groups excluding carboxylic acids is 4. The second-order valence-corrected chi connectivity index (χ2v) is 10.3. The smallest absolute Gasteiger partial charge is 0.243 e. The highest BCUT2D eigenvalue weighted by molar-refractivity contribution is 5.94. The Bertz CT molecular complexity index is 1240. The van der Waals surface area contributed by atoms with Crippen molar-refractivity contribution in [2.45, 2.75) is 76.0 Å². The van der Waals surface area contributed by atoms with E-state index in [-0.39, 0.29) is 43.8 Å². The van der Waals surface area contributed by atoms with Crippen LogP contribution in [0.3, 0.4) is 0 Å². The molecule has 2 rings (SSSR count). The molecule has 2 aromatic rings. The summed E-state index contributed by atoms with van der Waals surface area (Å²) >= 11 is 0. The summed E-state index contributed by atoms with van der Waals surface area (Å²) in [6, 6.07) is 10.8. The zero-order valence-corrected chi connectivity index (χ0v) is 24.4. The molecule has 0 saturated heterocycles. The van der Waals surface area contributed by atoms with Crippen LogP contribution in [0.1, 0.15) is 50.2 Å². The maximum Gasteiger partial charge on any atom is 0.243 e. The number of hydrogen-bond donors (Lipinski definition) is 7. The fourth-order valence-corrected chi connectivity index (χ4v) is 4.34. The highest BCUT2D eigenvalue weighted by atomic mass is 19.1. The molecule has 0 radical (unpaired) electrons. The van der Waals surface area contributed by atoms with Crippen molar-refractivity contribution < 1.29 is 23.6 Å². The molecule has 0 aliphatic carbocycles. The Hall–Kier alpha value is -4.52. The maximum atomic E-state index is 14.1. The molecule has 0 fully saturated rings. The second-order valence-electron chi connectivity index (χ2n) is 10.3. The van der Waals surface area contributed by atoms with Crippen LogP contribution in [0.5, 0.6) is 0 Å². The molecule has 11 N–H and O–H groups in total. The maximum absolute atomic E-state index is 14.1. The van der Waals surface area contributed by atoms with E-state index in [4.69, 9.17) is 22.9 Å². The quantitative estimate of drug-likeness (QED) is 0.0713. The van der Waals surface area contributed by atoms with Gasteiger partial charge >= 0.3 is 0 Å². The van der Waals surface area contributed by atoms with Gasteiger partial charge in [0.2, 0.25) is 23.6 Å². The van der Waals surface area contributed by atoms with Crippen LogP contribution in [0.25, 0.3) is 0 Å². The number of guanidine groups is 1. The summed E-state index contributed by atoms with van der Waals surface area (Å²) in [7, 11) is 0. The highest BCUT2D eigenvalue weighted by Gasteiger charge is 2.30. The normalized spacial score (nSPS) is 13.6. The minimum Gasteiger partial charge on any atom is -0.370 e. The molecular formula is C30H43FN8O4. The Morgan fingerprint density at radius 2 is 1.35 bits per heavy atom. The first kappa shape index (κ1) is 34.7. The van der Waals surface area contributed by atoms with Crippen LogP contribution in [0.2, 0.25) is 0 Å². The lowest BCUT2D eigenvalue weighted by atomic mass is 10.0. The van der Waals surface area contributed by atoms with Gasteiger partial charge in [0, 0.05) is 13.0 Å². The van der Waals surface area contributed by atoms with Crippen molar-refractivity contribution in [3.63, 3.8) is 0 Å². The largest absolute Gasteiger partial charge is 0.370 e. The Morgan fingerprint density at radius 1 is 0.767 bits per heavy atom. The predicted octanol–water partition coefficient (Wildman–Crippen LogP) is 0.122. The number of nitrogens with two attached hydrogens (primary N) is 4. The van der Waals surface area contributed by atoms with Crippen LogP contribution in [0, 0.1) is 5.82 Å². The fraction of sp³-hybridized carbons (Fsp3) is 0.433. The Kier molecular flexibility index (Phi) is 14.6. The number of primary amides is 1. The Balaban J connectivity index is 2.18. The number of unbranched alkanes of at least 4 members (excludes halogenated alkanes) is 1. The van der Waals surface area contributed by atoms with Gasteiger partial charge in [-0.05, 0) is 42.9 Å². The minimum absolute atomic E-state index is 0.0720. The molecule has 0 spiro atoms. The van der Waals surface area contributed by atoms with Crippen LogP contribution < -0.4 is 38.9 Å². The van der Waals surface area contributed by atoms with E-state index in [2.05, 4.69) is 20.9 Å². The minimum atomic E-state index is -1.13. The van der Waals surface area contributed by atoms with Crippen molar-refractivity contribution in [3.05, 3.63) is 71.5 Å². The fourth-order valence-electron chi connectivity index (χ4n) is 4.34. The summed E-state index contributed by atoms with van der Waals surface area (Å²) in [4.78, 5) is 55.7. The van der Waals surface area contributed by atoms with E-state index < -0.39 is 53.6 Å². The van der Waals surface area contributed by atoms with Crippen LogP contribution in [-0.4, -0.2) is 60.3 Å². The van der Waals surface area contributed by atoms with Crippen molar-refractivity contribution in [1.29, 1.82) is 0 Å². The SMILES string of the molecule is CCCC[C@@H](NC(=O)[C@@H](Cc1ccccc1)NC(=O)[C@H](N)Cc1ccccc1F)C(=O)N[C@H](CCCN=C(N)N)C(N)=O. The second kappa shape index (κ2) is 18.1. The molecule has 0 aromatic heterocycles. The molecule has 0 aliphatic heterocycles. The number of amides is 4. The first-order chi connectivity index (χ1) is 20.5. The average molecular weight is 599 g/mol. The van der Waals surface area contributed by atoms with Crippen molar-refractivity contribution in [2.75, 3.05) is 6.54 Å². The highest BCUT2D eigenvalue weighted by Crippen LogP contribution is 2.11. The van der Waals surface area contributed by atoms with Gasteiger partial charge in [-0.3, -0.25) is 24.2 Å². The molecule has 4 atom stereocenters. The number of hydrogen-bond acceptors (Lipinski definition) is 6. The third kappa shape index (κ3) is 12.5. The Morgan fingerprint density at radius 3 is 1.98 bits per heavy atom. The molecule has 0 aliphatic rings. The number of carbonyl (C=O) groups is 4. The average Bonchev–Trinajstić information content (AvgIpc) is 2.97. The summed E-state index contributed by atoms with van der Waals surface area (Å²) in [5.41, 5.74) is 23.3. The number of nitrogens with zero attached hydrogens (tertiary/aromatic N) is 1. The van der Waals surface area contributed by atoms with E-state index in [9.17, 15) is 23.6 Å². The molecule has 4 amide bonds. The Labute approximate surface area is 251 Å².